The van der Waals surface area contributed by atoms with Crippen molar-refractivity contribution in [1.29, 1.82) is 0 Å². The average molecular weight is 400 g/mol. The minimum absolute atomic E-state index is 0.248. The first-order valence-corrected chi connectivity index (χ1v) is 8.34. The van der Waals surface area contributed by atoms with Crippen molar-refractivity contribution in [2.75, 3.05) is 46.6 Å². The number of hydrogen-bond donors (Lipinski definition) is 0. The maximum Gasteiger partial charge on any atom is 0.166 e. The van der Waals surface area contributed by atoms with Crippen LogP contribution in [0.4, 0.5) is 0 Å². The number of nitroso groups, excluding NO2 is 1. The predicted octanol–water partition coefficient (Wildman–Crippen LogP) is 1.61. The maximum atomic E-state index is 11.4. The monoisotopic (exact) mass is 400 g/mol. The molecule has 0 spiro atoms. The van der Waals surface area contributed by atoms with Crippen molar-refractivity contribution in [2.24, 2.45) is 5.18 Å². The van der Waals surface area contributed by atoms with Gasteiger partial charge >= 0.3 is 0 Å². The molecule has 5 rings (SSSR count). The van der Waals surface area contributed by atoms with E-state index >= 15 is 0 Å². The van der Waals surface area contributed by atoms with E-state index in [0.717, 1.165) is 56.6 Å². The molecule has 0 amide bonds. The first kappa shape index (κ1) is 14.0. The molecule has 0 N–H and O–H groups in total. The van der Waals surface area contributed by atoms with Crippen LogP contribution in [-0.4, -0.2) is 65.7 Å². The highest BCUT2D eigenvalue weighted by Crippen LogP contribution is 2.32. The largest absolute Gasteiger partial charge is 0.284 e. The second kappa shape index (κ2) is 5.24. The lowest BCUT2D eigenvalue weighted by atomic mass is 10.1. The van der Waals surface area contributed by atoms with Gasteiger partial charge in [-0.05, 0) is 40.3 Å². The molecule has 0 aliphatic carbocycles. The number of halogens is 1. The molecule has 1 atom stereocenters. The lowest BCUT2D eigenvalue weighted by Crippen LogP contribution is -2.79. The molecule has 1 aromatic rings. The fourth-order valence-corrected chi connectivity index (χ4v) is 4.44. The zero-order valence-corrected chi connectivity index (χ0v) is 14.0. The zero-order valence-electron chi connectivity index (χ0n) is 11.9. The second-order valence-electron chi connectivity index (χ2n) is 6.56. The Labute approximate surface area is 138 Å². The summed E-state index contributed by atoms with van der Waals surface area (Å²) < 4.78 is 2.14. The van der Waals surface area contributed by atoms with Crippen LogP contribution in [0.3, 0.4) is 0 Å². The Morgan fingerprint density at radius 3 is 2.05 bits per heavy atom. The Bertz CT molecular complexity index is 514. The fraction of sp³-hybridized carbons (Fsp3) is 0.571. The third-order valence-corrected chi connectivity index (χ3v) is 5.36. The Balaban J connectivity index is 1.56. The third kappa shape index (κ3) is 2.61. The molecule has 1 aromatic carbocycles. The van der Waals surface area contributed by atoms with Crippen LogP contribution in [-0.2, 0) is 0 Å². The summed E-state index contributed by atoms with van der Waals surface area (Å²) in [5, 5.41) is 3.44. The van der Waals surface area contributed by atoms with Crippen molar-refractivity contribution < 1.29 is 4.48 Å². The molecule has 0 saturated carbocycles. The minimum atomic E-state index is -0.248. The Kier molecular flexibility index (Phi) is 3.49. The van der Waals surface area contributed by atoms with Crippen molar-refractivity contribution in [3.8, 4) is 0 Å². The highest BCUT2D eigenvalue weighted by Gasteiger charge is 2.49. The van der Waals surface area contributed by atoms with E-state index in [1.54, 1.807) is 0 Å². The molecule has 4 aliphatic rings. The summed E-state index contributed by atoms with van der Waals surface area (Å²) in [7, 11) is 0. The fourth-order valence-electron chi connectivity index (χ4n) is 4.08. The van der Waals surface area contributed by atoms with Crippen molar-refractivity contribution in [1.82, 2.24) is 14.7 Å². The van der Waals surface area contributed by atoms with E-state index in [4.69, 9.17) is 0 Å². The first-order chi connectivity index (χ1) is 10.2. The SMILES string of the molecule is O=NC(C[N+]12CN3CN(CN(C3)C1)C2)c1ccc(I)cc1. The summed E-state index contributed by atoms with van der Waals surface area (Å²) in [6.45, 7) is 7.14. The zero-order chi connectivity index (χ0) is 14.4. The van der Waals surface area contributed by atoms with Gasteiger partial charge in [0.2, 0.25) is 0 Å². The highest BCUT2D eigenvalue weighted by molar-refractivity contribution is 14.1. The van der Waals surface area contributed by atoms with Gasteiger partial charge in [-0.15, -0.1) is 4.91 Å². The molecule has 4 fully saturated rings. The predicted molar refractivity (Wildman–Crippen MR) is 87.5 cm³/mol. The number of benzene rings is 1. The van der Waals surface area contributed by atoms with E-state index in [1.807, 2.05) is 12.1 Å². The average Bonchev–Trinajstić information content (AvgIpc) is 2.44. The molecule has 1 unspecified atom stereocenters. The van der Waals surface area contributed by atoms with Crippen LogP contribution in [0.1, 0.15) is 11.6 Å². The van der Waals surface area contributed by atoms with Gasteiger partial charge in [0, 0.05) is 3.57 Å². The summed E-state index contributed by atoms with van der Waals surface area (Å²) in [4.78, 5) is 18.8. The van der Waals surface area contributed by atoms with Gasteiger partial charge in [-0.2, -0.15) is 0 Å². The van der Waals surface area contributed by atoms with Gasteiger partial charge in [0.05, 0.1) is 20.0 Å². The normalized spacial score (nSPS) is 38.4. The van der Waals surface area contributed by atoms with Crippen LogP contribution < -0.4 is 0 Å². The molecular weight excluding hydrogens is 381 g/mol. The molecule has 7 heteroatoms. The van der Waals surface area contributed by atoms with Gasteiger partial charge in [-0.25, -0.2) is 14.7 Å². The maximum absolute atomic E-state index is 11.4. The Morgan fingerprint density at radius 2 is 1.57 bits per heavy atom. The molecular formula is C14H19IN5O+. The third-order valence-electron chi connectivity index (χ3n) is 4.64. The minimum Gasteiger partial charge on any atom is -0.284 e. The highest BCUT2D eigenvalue weighted by atomic mass is 127. The quantitative estimate of drug-likeness (QED) is 0.438. The van der Waals surface area contributed by atoms with Crippen LogP contribution in [0.2, 0.25) is 0 Å². The van der Waals surface area contributed by atoms with Crippen molar-refractivity contribution in [3.05, 3.63) is 38.3 Å². The van der Waals surface area contributed by atoms with E-state index in [2.05, 4.69) is 54.6 Å². The molecule has 4 bridgehead atoms. The molecule has 0 radical (unpaired) electrons. The number of nitrogens with zero attached hydrogens (tertiary/aromatic N) is 5. The van der Waals surface area contributed by atoms with E-state index in [9.17, 15) is 4.91 Å². The molecule has 4 saturated heterocycles. The van der Waals surface area contributed by atoms with Crippen LogP contribution in [0, 0.1) is 8.48 Å². The standard InChI is InChI=1S/C14H19IN5O/c15-13-3-1-12(2-4-13)14(16-21)5-20-9-17-6-18(10-20)8-19(7-17)11-20/h1-4,14H,5-11H2/q+1. The van der Waals surface area contributed by atoms with Crippen molar-refractivity contribution in [2.45, 2.75) is 6.04 Å². The van der Waals surface area contributed by atoms with Gasteiger partial charge in [0.15, 0.2) is 6.04 Å². The molecule has 4 heterocycles. The van der Waals surface area contributed by atoms with Gasteiger partial charge in [0.25, 0.3) is 0 Å². The summed E-state index contributed by atoms with van der Waals surface area (Å²) in [5.41, 5.74) is 1.04. The van der Waals surface area contributed by atoms with E-state index in [-0.39, 0.29) is 6.04 Å². The van der Waals surface area contributed by atoms with Crippen molar-refractivity contribution >= 4 is 22.6 Å². The number of rotatable bonds is 4. The molecule has 6 nitrogen and oxygen atoms in total. The topological polar surface area (TPSA) is 39.2 Å². The number of hydrogen-bond acceptors (Lipinski definition) is 5. The van der Waals surface area contributed by atoms with E-state index in [0.29, 0.717) is 0 Å². The smallest absolute Gasteiger partial charge is 0.166 e. The molecule has 0 aromatic heterocycles. The van der Waals surface area contributed by atoms with Gasteiger partial charge < -0.3 is 0 Å². The van der Waals surface area contributed by atoms with E-state index in [1.165, 1.54) is 3.57 Å². The van der Waals surface area contributed by atoms with Crippen LogP contribution in [0.15, 0.2) is 29.4 Å². The molecule has 21 heavy (non-hydrogen) atoms. The van der Waals surface area contributed by atoms with Crippen molar-refractivity contribution in [3.63, 3.8) is 0 Å². The summed E-state index contributed by atoms with van der Waals surface area (Å²) in [6.07, 6.45) is 0. The van der Waals surface area contributed by atoms with Gasteiger partial charge in [-0.3, -0.25) is 4.48 Å². The second-order valence-corrected chi connectivity index (χ2v) is 7.80. The molecule has 4 aliphatic heterocycles. The van der Waals surface area contributed by atoms with Gasteiger partial charge in [0.1, 0.15) is 26.6 Å². The lowest BCUT2D eigenvalue weighted by Gasteiger charge is -2.61. The summed E-state index contributed by atoms with van der Waals surface area (Å²) in [6, 6.07) is 7.94. The van der Waals surface area contributed by atoms with Crippen LogP contribution in [0.25, 0.3) is 0 Å². The summed E-state index contributed by atoms with van der Waals surface area (Å²) in [5.74, 6) is 0. The lowest BCUT2D eigenvalue weighted by molar-refractivity contribution is -0.981. The number of quaternary nitrogens is 1. The first-order valence-electron chi connectivity index (χ1n) is 7.26. The Morgan fingerprint density at radius 1 is 1.05 bits per heavy atom. The van der Waals surface area contributed by atoms with Gasteiger partial charge in [-0.1, -0.05) is 17.3 Å². The van der Waals surface area contributed by atoms with E-state index < -0.39 is 0 Å². The molecule has 112 valence electrons. The summed E-state index contributed by atoms with van der Waals surface area (Å²) >= 11 is 2.29. The Hall–Kier alpha value is -0.610. The van der Waals surface area contributed by atoms with Crippen LogP contribution in [0.5, 0.6) is 0 Å². The van der Waals surface area contributed by atoms with Crippen LogP contribution >= 0.6 is 22.6 Å².